The number of nitrogens with one attached hydrogen (secondary N) is 1. The Bertz CT molecular complexity index is 548. The molecular formula is C16H24N2O3S. The topological polar surface area (TPSA) is 58.6 Å². The fourth-order valence-electron chi connectivity index (χ4n) is 2.44. The third-order valence-electron chi connectivity index (χ3n) is 3.48. The number of likely N-dealkylation sites (tertiary alicyclic amines) is 1. The molecule has 1 saturated heterocycles. The lowest BCUT2D eigenvalue weighted by molar-refractivity contribution is 0.0186. The van der Waals surface area contributed by atoms with Gasteiger partial charge in [-0.15, -0.1) is 11.3 Å². The van der Waals surface area contributed by atoms with Gasteiger partial charge < -0.3 is 15.0 Å². The van der Waals surface area contributed by atoms with Crippen molar-refractivity contribution >= 4 is 23.3 Å². The highest BCUT2D eigenvalue weighted by atomic mass is 32.1. The van der Waals surface area contributed by atoms with Gasteiger partial charge in [-0.05, 0) is 57.5 Å². The summed E-state index contributed by atoms with van der Waals surface area (Å²) in [5, 5.41) is 4.95. The maximum absolute atomic E-state index is 12.3. The molecule has 0 radical (unpaired) electrons. The fraction of sp³-hybridized carbons (Fsp3) is 0.625. The summed E-state index contributed by atoms with van der Waals surface area (Å²) in [6, 6.07) is 1.92. The maximum Gasteiger partial charge on any atom is 0.410 e. The van der Waals surface area contributed by atoms with Gasteiger partial charge in [0.05, 0.1) is 4.88 Å². The lowest BCUT2D eigenvalue weighted by atomic mass is 10.1. The van der Waals surface area contributed by atoms with Crippen LogP contribution in [0.3, 0.4) is 0 Å². The van der Waals surface area contributed by atoms with Crippen LogP contribution in [0.4, 0.5) is 4.79 Å². The fourth-order valence-corrected chi connectivity index (χ4v) is 3.27. The molecule has 1 aliphatic heterocycles. The molecule has 0 aliphatic carbocycles. The summed E-state index contributed by atoms with van der Waals surface area (Å²) in [6.45, 7) is 8.68. The number of hydrogen-bond acceptors (Lipinski definition) is 4. The van der Waals surface area contributed by atoms with E-state index in [-0.39, 0.29) is 18.0 Å². The number of nitrogens with zero attached hydrogens (tertiary/aromatic N) is 1. The third-order valence-corrected chi connectivity index (χ3v) is 4.49. The number of carbonyl (C=O) groups excluding carboxylic acids is 2. The van der Waals surface area contributed by atoms with Gasteiger partial charge in [0.15, 0.2) is 0 Å². The van der Waals surface area contributed by atoms with Crippen LogP contribution in [0.5, 0.6) is 0 Å². The second-order valence-electron chi connectivity index (χ2n) is 6.67. The molecule has 2 rings (SSSR count). The van der Waals surface area contributed by atoms with Gasteiger partial charge in [0.1, 0.15) is 5.60 Å². The molecule has 1 unspecified atom stereocenters. The highest BCUT2D eigenvalue weighted by Crippen LogP contribution is 2.18. The lowest BCUT2D eigenvalue weighted by Crippen LogP contribution is -2.50. The van der Waals surface area contributed by atoms with Crippen LogP contribution in [0.25, 0.3) is 0 Å². The number of hydrogen-bond donors (Lipinski definition) is 1. The van der Waals surface area contributed by atoms with Crippen molar-refractivity contribution in [2.24, 2.45) is 0 Å². The Kier molecular flexibility index (Phi) is 5.11. The third kappa shape index (κ3) is 4.47. The van der Waals surface area contributed by atoms with Gasteiger partial charge in [-0.1, -0.05) is 0 Å². The summed E-state index contributed by atoms with van der Waals surface area (Å²) < 4.78 is 5.40. The predicted molar refractivity (Wildman–Crippen MR) is 87.4 cm³/mol. The minimum absolute atomic E-state index is 0.0183. The molecule has 1 aromatic heterocycles. The molecule has 1 N–H and O–H groups in total. The van der Waals surface area contributed by atoms with Gasteiger partial charge in [0.25, 0.3) is 5.91 Å². The van der Waals surface area contributed by atoms with Gasteiger partial charge in [0.2, 0.25) is 0 Å². The number of piperidine rings is 1. The largest absolute Gasteiger partial charge is 0.444 e. The summed E-state index contributed by atoms with van der Waals surface area (Å²) in [5.41, 5.74) is 0.490. The van der Waals surface area contributed by atoms with Crippen molar-refractivity contribution in [3.63, 3.8) is 0 Å². The smallest absolute Gasteiger partial charge is 0.410 e. The zero-order valence-electron chi connectivity index (χ0n) is 13.6. The molecule has 22 heavy (non-hydrogen) atoms. The first kappa shape index (κ1) is 16.8. The first-order valence-corrected chi connectivity index (χ1v) is 8.47. The first-order chi connectivity index (χ1) is 10.3. The van der Waals surface area contributed by atoms with Crippen LogP contribution in [-0.4, -0.2) is 41.6 Å². The highest BCUT2D eigenvalue weighted by molar-refractivity contribution is 7.12. The van der Waals surface area contributed by atoms with Crippen molar-refractivity contribution in [3.8, 4) is 0 Å². The lowest BCUT2D eigenvalue weighted by Gasteiger charge is -2.34. The van der Waals surface area contributed by atoms with Crippen LogP contribution in [0.2, 0.25) is 0 Å². The van der Waals surface area contributed by atoms with Crippen LogP contribution in [0.15, 0.2) is 11.4 Å². The van der Waals surface area contributed by atoms with Gasteiger partial charge in [-0.2, -0.15) is 0 Å². The monoisotopic (exact) mass is 324 g/mol. The molecule has 2 heterocycles. The van der Waals surface area contributed by atoms with E-state index < -0.39 is 5.60 Å². The van der Waals surface area contributed by atoms with Crippen molar-refractivity contribution in [3.05, 3.63) is 21.9 Å². The first-order valence-electron chi connectivity index (χ1n) is 7.59. The van der Waals surface area contributed by atoms with E-state index in [1.54, 1.807) is 4.90 Å². The number of ether oxygens (including phenoxy) is 1. The summed E-state index contributed by atoms with van der Waals surface area (Å²) in [6.07, 6.45) is 1.45. The van der Waals surface area contributed by atoms with Crippen molar-refractivity contribution < 1.29 is 14.3 Å². The van der Waals surface area contributed by atoms with Crippen LogP contribution in [0, 0.1) is 6.92 Å². The van der Waals surface area contributed by atoms with E-state index in [4.69, 9.17) is 4.74 Å². The average molecular weight is 324 g/mol. The van der Waals surface area contributed by atoms with E-state index in [0.29, 0.717) is 13.1 Å². The Morgan fingerprint density at radius 2 is 2.14 bits per heavy atom. The van der Waals surface area contributed by atoms with Gasteiger partial charge >= 0.3 is 6.09 Å². The molecule has 1 fully saturated rings. The van der Waals surface area contributed by atoms with E-state index >= 15 is 0 Å². The Labute approximate surface area is 135 Å². The number of thiophene rings is 1. The molecule has 0 spiro atoms. The minimum Gasteiger partial charge on any atom is -0.444 e. The molecule has 0 bridgehead atoms. The van der Waals surface area contributed by atoms with E-state index in [1.807, 2.05) is 39.1 Å². The molecule has 122 valence electrons. The zero-order chi connectivity index (χ0) is 16.3. The molecule has 0 saturated carbocycles. The molecular weight excluding hydrogens is 300 g/mol. The van der Waals surface area contributed by atoms with Crippen molar-refractivity contribution in [1.29, 1.82) is 0 Å². The molecule has 1 aromatic rings. The predicted octanol–water partition coefficient (Wildman–Crippen LogP) is 3.19. The van der Waals surface area contributed by atoms with E-state index in [2.05, 4.69) is 5.32 Å². The van der Waals surface area contributed by atoms with Crippen LogP contribution < -0.4 is 5.32 Å². The maximum atomic E-state index is 12.3. The summed E-state index contributed by atoms with van der Waals surface area (Å²) in [7, 11) is 0. The van der Waals surface area contributed by atoms with E-state index in [1.165, 1.54) is 11.3 Å². The van der Waals surface area contributed by atoms with Gasteiger partial charge in [0, 0.05) is 19.1 Å². The van der Waals surface area contributed by atoms with Crippen molar-refractivity contribution in [2.75, 3.05) is 13.1 Å². The standard InChI is InChI=1S/C16H24N2O3S/c1-11-7-9-22-13(11)14(19)17-12-6-5-8-18(10-12)15(20)21-16(2,3)4/h7,9,12H,5-6,8,10H2,1-4H3,(H,17,19). The molecule has 1 aliphatic rings. The Balaban J connectivity index is 1.92. The van der Waals surface area contributed by atoms with Crippen molar-refractivity contribution in [2.45, 2.75) is 52.2 Å². The average Bonchev–Trinajstić information content (AvgIpc) is 2.83. The van der Waals surface area contributed by atoms with Gasteiger partial charge in [-0.25, -0.2) is 4.79 Å². The summed E-state index contributed by atoms with van der Waals surface area (Å²) in [5.74, 6) is -0.0523. The summed E-state index contributed by atoms with van der Waals surface area (Å²) in [4.78, 5) is 26.8. The zero-order valence-corrected chi connectivity index (χ0v) is 14.5. The van der Waals surface area contributed by atoms with E-state index in [0.717, 1.165) is 23.3 Å². The molecule has 6 heteroatoms. The van der Waals surface area contributed by atoms with Crippen LogP contribution in [-0.2, 0) is 4.74 Å². The van der Waals surface area contributed by atoms with E-state index in [9.17, 15) is 9.59 Å². The normalized spacial score (nSPS) is 18.9. The molecule has 0 aromatic carbocycles. The minimum atomic E-state index is -0.499. The summed E-state index contributed by atoms with van der Waals surface area (Å²) >= 11 is 1.44. The Hall–Kier alpha value is -1.56. The second-order valence-corrected chi connectivity index (χ2v) is 7.59. The molecule has 5 nitrogen and oxygen atoms in total. The highest BCUT2D eigenvalue weighted by Gasteiger charge is 2.28. The second kappa shape index (κ2) is 6.69. The van der Waals surface area contributed by atoms with Crippen LogP contribution in [0.1, 0.15) is 48.8 Å². The molecule has 2 amide bonds. The van der Waals surface area contributed by atoms with Crippen molar-refractivity contribution in [1.82, 2.24) is 10.2 Å². The number of aryl methyl sites for hydroxylation is 1. The Morgan fingerprint density at radius 3 is 2.73 bits per heavy atom. The Morgan fingerprint density at radius 1 is 1.41 bits per heavy atom. The number of rotatable bonds is 2. The SMILES string of the molecule is Cc1ccsc1C(=O)NC1CCCN(C(=O)OC(C)(C)C)C1. The van der Waals surface area contributed by atoms with Gasteiger partial charge in [-0.3, -0.25) is 4.79 Å². The number of amides is 2. The quantitative estimate of drug-likeness (QED) is 0.909. The molecule has 1 atom stereocenters. The van der Waals surface area contributed by atoms with Crippen LogP contribution >= 0.6 is 11.3 Å². The number of carbonyl (C=O) groups is 2.